The highest BCUT2D eigenvalue weighted by Crippen LogP contribution is 2.24. The van der Waals surface area contributed by atoms with E-state index in [1.54, 1.807) is 41.2 Å². The molecule has 2 aromatic heterocycles. The predicted octanol–water partition coefficient (Wildman–Crippen LogP) is 4.21. The average Bonchev–Trinajstić information content (AvgIpc) is 2.68. The van der Waals surface area contributed by atoms with Crippen molar-refractivity contribution in [2.45, 2.75) is 10.9 Å². The number of hydrogen-bond acceptors (Lipinski definition) is 4. The third kappa shape index (κ3) is 3.23. The summed E-state index contributed by atoms with van der Waals surface area (Å²) in [7, 11) is 0. The molecule has 2 aromatic carbocycles. The monoisotopic (exact) mass is 363 g/mol. The molecule has 0 N–H and O–H groups in total. The fraction of sp³-hybridized carbons (Fsp3) is 0.0500. The second kappa shape index (κ2) is 7.09. The second-order valence-corrected chi connectivity index (χ2v) is 6.62. The normalized spacial score (nSPS) is 11.0. The minimum Gasteiger partial charge on any atom is -0.268 e. The van der Waals surface area contributed by atoms with Crippen molar-refractivity contribution in [3.8, 4) is 5.69 Å². The van der Waals surface area contributed by atoms with Crippen LogP contribution in [0.5, 0.6) is 0 Å². The molecule has 0 saturated heterocycles. The number of hydrogen-bond donors (Lipinski definition) is 0. The van der Waals surface area contributed by atoms with Crippen molar-refractivity contribution in [3.63, 3.8) is 0 Å². The molecule has 0 unspecified atom stereocenters. The first-order chi connectivity index (χ1) is 12.7. The van der Waals surface area contributed by atoms with Crippen LogP contribution in [0.4, 0.5) is 4.39 Å². The number of benzene rings is 2. The number of aromatic nitrogens is 3. The van der Waals surface area contributed by atoms with Crippen molar-refractivity contribution >= 4 is 22.7 Å². The zero-order valence-corrected chi connectivity index (χ0v) is 14.5. The van der Waals surface area contributed by atoms with E-state index in [9.17, 15) is 9.18 Å². The van der Waals surface area contributed by atoms with Crippen molar-refractivity contribution in [1.82, 2.24) is 14.5 Å². The standard InChI is InChI=1S/C20H14FN3OS/c21-15-9-7-14(8-10-15)13-26-20-23-18-6-2-1-5-17(18)19(25)24(20)16-4-3-11-22-12-16/h1-12H,13H2. The first-order valence-electron chi connectivity index (χ1n) is 8.02. The third-order valence-electron chi connectivity index (χ3n) is 3.93. The van der Waals surface area contributed by atoms with Crippen molar-refractivity contribution in [3.05, 3.63) is 94.8 Å². The van der Waals surface area contributed by atoms with E-state index in [2.05, 4.69) is 9.97 Å². The van der Waals surface area contributed by atoms with Gasteiger partial charge in [-0.15, -0.1) is 0 Å². The largest absolute Gasteiger partial charge is 0.268 e. The van der Waals surface area contributed by atoms with E-state index in [-0.39, 0.29) is 11.4 Å². The van der Waals surface area contributed by atoms with Gasteiger partial charge >= 0.3 is 0 Å². The SMILES string of the molecule is O=c1c2ccccc2nc(SCc2ccc(F)cc2)n1-c1cccnc1. The summed E-state index contributed by atoms with van der Waals surface area (Å²) in [5, 5.41) is 1.13. The van der Waals surface area contributed by atoms with Crippen LogP contribution in [0.1, 0.15) is 5.56 Å². The summed E-state index contributed by atoms with van der Waals surface area (Å²) in [5.41, 5.74) is 2.14. The van der Waals surface area contributed by atoms with Gasteiger partial charge < -0.3 is 0 Å². The molecular formula is C20H14FN3OS. The number of rotatable bonds is 4. The van der Waals surface area contributed by atoms with Crippen LogP contribution in [0.3, 0.4) is 0 Å². The topological polar surface area (TPSA) is 47.8 Å². The van der Waals surface area contributed by atoms with Crippen LogP contribution in [0.25, 0.3) is 16.6 Å². The molecule has 0 saturated carbocycles. The van der Waals surface area contributed by atoms with Crippen LogP contribution < -0.4 is 5.56 Å². The Bertz CT molecular complexity index is 1110. The summed E-state index contributed by atoms with van der Waals surface area (Å²) >= 11 is 1.43. The maximum atomic E-state index is 13.1. The van der Waals surface area contributed by atoms with Gasteiger partial charge in [0.2, 0.25) is 0 Å². The third-order valence-corrected chi connectivity index (χ3v) is 4.94. The van der Waals surface area contributed by atoms with E-state index in [0.29, 0.717) is 27.5 Å². The van der Waals surface area contributed by atoms with Crippen molar-refractivity contribution in [2.24, 2.45) is 0 Å². The second-order valence-electron chi connectivity index (χ2n) is 5.68. The van der Waals surface area contributed by atoms with Gasteiger partial charge in [-0.25, -0.2) is 9.37 Å². The van der Waals surface area contributed by atoms with Crippen LogP contribution in [0, 0.1) is 5.82 Å². The van der Waals surface area contributed by atoms with Crippen LogP contribution >= 0.6 is 11.8 Å². The van der Waals surface area contributed by atoms with Gasteiger partial charge in [-0.2, -0.15) is 0 Å². The predicted molar refractivity (Wildman–Crippen MR) is 101 cm³/mol. The Labute approximate surface area is 153 Å². The Hall–Kier alpha value is -2.99. The molecule has 4 rings (SSSR count). The molecule has 128 valence electrons. The maximum absolute atomic E-state index is 13.1. The number of halogens is 1. The Balaban J connectivity index is 1.81. The fourth-order valence-electron chi connectivity index (χ4n) is 2.65. The van der Waals surface area contributed by atoms with Gasteiger partial charge in [-0.1, -0.05) is 36.0 Å². The molecule has 0 radical (unpaired) electrons. The Kier molecular flexibility index (Phi) is 4.50. The average molecular weight is 363 g/mol. The van der Waals surface area contributed by atoms with Gasteiger partial charge in [-0.05, 0) is 42.0 Å². The van der Waals surface area contributed by atoms with Gasteiger partial charge in [0, 0.05) is 11.9 Å². The highest BCUT2D eigenvalue weighted by atomic mass is 32.2. The quantitative estimate of drug-likeness (QED) is 0.402. The number of thioether (sulfide) groups is 1. The summed E-state index contributed by atoms with van der Waals surface area (Å²) in [6, 6.07) is 17.2. The molecule has 0 aliphatic heterocycles. The molecule has 4 aromatic rings. The van der Waals surface area contributed by atoms with Crippen molar-refractivity contribution in [2.75, 3.05) is 0 Å². The summed E-state index contributed by atoms with van der Waals surface area (Å²) in [4.78, 5) is 21.8. The zero-order valence-electron chi connectivity index (χ0n) is 13.7. The number of fused-ring (bicyclic) bond motifs is 1. The van der Waals surface area contributed by atoms with Gasteiger partial charge in [-0.3, -0.25) is 14.3 Å². The zero-order chi connectivity index (χ0) is 17.9. The molecular weight excluding hydrogens is 349 g/mol. The number of nitrogens with zero attached hydrogens (tertiary/aromatic N) is 3. The minimum atomic E-state index is -0.269. The molecule has 0 fully saturated rings. The Morgan fingerprint density at radius 1 is 1.00 bits per heavy atom. The smallest absolute Gasteiger partial charge is 0.266 e. The summed E-state index contributed by atoms with van der Waals surface area (Å²) < 4.78 is 14.7. The molecule has 0 bridgehead atoms. The summed E-state index contributed by atoms with van der Waals surface area (Å²) in [6.07, 6.45) is 3.30. The number of para-hydroxylation sites is 1. The maximum Gasteiger partial charge on any atom is 0.266 e. The molecule has 0 aliphatic carbocycles. The molecule has 0 spiro atoms. The fourth-order valence-corrected chi connectivity index (χ4v) is 3.62. The van der Waals surface area contributed by atoms with E-state index in [0.717, 1.165) is 5.56 Å². The van der Waals surface area contributed by atoms with Crippen molar-refractivity contribution < 1.29 is 4.39 Å². The lowest BCUT2D eigenvalue weighted by molar-refractivity contribution is 0.627. The molecule has 6 heteroatoms. The number of pyridine rings is 1. The lowest BCUT2D eigenvalue weighted by Crippen LogP contribution is -2.21. The van der Waals surface area contributed by atoms with Crippen LogP contribution in [0.2, 0.25) is 0 Å². The van der Waals surface area contributed by atoms with Crippen LogP contribution in [-0.4, -0.2) is 14.5 Å². The van der Waals surface area contributed by atoms with Crippen LogP contribution in [-0.2, 0) is 5.75 Å². The molecule has 0 aliphatic rings. The Morgan fingerprint density at radius 3 is 2.58 bits per heavy atom. The Morgan fingerprint density at radius 2 is 1.81 bits per heavy atom. The lowest BCUT2D eigenvalue weighted by atomic mass is 10.2. The van der Waals surface area contributed by atoms with E-state index < -0.39 is 0 Å². The molecule has 0 amide bonds. The summed E-state index contributed by atoms with van der Waals surface area (Å²) in [6.45, 7) is 0. The summed E-state index contributed by atoms with van der Waals surface area (Å²) in [5.74, 6) is 0.306. The van der Waals surface area contributed by atoms with Gasteiger partial charge in [0.25, 0.3) is 5.56 Å². The highest BCUT2D eigenvalue weighted by molar-refractivity contribution is 7.98. The van der Waals surface area contributed by atoms with Gasteiger partial charge in [0.05, 0.1) is 22.8 Å². The minimum absolute atomic E-state index is 0.134. The molecule has 26 heavy (non-hydrogen) atoms. The molecule has 0 atom stereocenters. The molecule has 2 heterocycles. The van der Waals surface area contributed by atoms with E-state index >= 15 is 0 Å². The lowest BCUT2D eigenvalue weighted by Gasteiger charge is -2.12. The van der Waals surface area contributed by atoms with Gasteiger partial charge in [0.15, 0.2) is 5.16 Å². The highest BCUT2D eigenvalue weighted by Gasteiger charge is 2.13. The van der Waals surface area contributed by atoms with E-state index in [1.165, 1.54) is 23.9 Å². The van der Waals surface area contributed by atoms with E-state index in [1.807, 2.05) is 24.3 Å². The first-order valence-corrected chi connectivity index (χ1v) is 9.00. The molecule has 4 nitrogen and oxygen atoms in total. The van der Waals surface area contributed by atoms with Gasteiger partial charge in [0.1, 0.15) is 5.82 Å². The first kappa shape index (κ1) is 16.5. The van der Waals surface area contributed by atoms with Crippen molar-refractivity contribution in [1.29, 1.82) is 0 Å². The van der Waals surface area contributed by atoms with Crippen LogP contribution in [0.15, 0.2) is 83.0 Å². The van der Waals surface area contributed by atoms with E-state index in [4.69, 9.17) is 0 Å².